The fourth-order valence-electron chi connectivity index (χ4n) is 3.08. The van der Waals surface area contributed by atoms with Crippen molar-refractivity contribution in [2.45, 2.75) is 12.5 Å². The first-order chi connectivity index (χ1) is 15.1. The molecule has 0 radical (unpaired) electrons. The molecule has 2 aromatic carbocycles. The average molecular weight is 442 g/mol. The SMILES string of the molecule is O=c1[nH]c(O)c(Nc2ccc(CCNC[C@H](O)COc3ccc4occc4c3)cc2)s1. The first-order valence-electron chi connectivity index (χ1n) is 9.84. The highest BCUT2D eigenvalue weighted by atomic mass is 32.1. The van der Waals surface area contributed by atoms with Gasteiger partial charge in [0.2, 0.25) is 5.88 Å². The number of aromatic hydroxyl groups is 1. The minimum atomic E-state index is -0.618. The number of H-pyrrole nitrogens is 1. The standard InChI is InChI=1S/C22H23N3O5S/c26-17(13-30-18-5-6-19-15(11-18)8-10-29-19)12-23-9-7-14-1-3-16(4-2-14)24-21-20(27)25-22(28)31-21/h1-6,8,10-11,17,23-24,26-27H,7,9,12-13H2,(H,25,28)/t17-/m0/s1. The number of aliphatic hydroxyl groups excluding tert-OH is 1. The molecule has 0 aliphatic carbocycles. The maximum Gasteiger partial charge on any atom is 0.309 e. The van der Waals surface area contributed by atoms with Crippen LogP contribution < -0.4 is 20.2 Å². The molecule has 0 fully saturated rings. The summed E-state index contributed by atoms with van der Waals surface area (Å²) in [6.45, 7) is 1.35. The zero-order valence-electron chi connectivity index (χ0n) is 16.6. The number of thiazole rings is 1. The van der Waals surface area contributed by atoms with Gasteiger partial charge in [0.25, 0.3) is 0 Å². The Morgan fingerprint density at radius 2 is 2.00 bits per heavy atom. The van der Waals surface area contributed by atoms with Crippen LogP contribution in [0.1, 0.15) is 5.56 Å². The molecular weight excluding hydrogens is 418 g/mol. The van der Waals surface area contributed by atoms with Gasteiger partial charge in [-0.3, -0.25) is 9.78 Å². The van der Waals surface area contributed by atoms with E-state index in [0.717, 1.165) is 40.0 Å². The fraction of sp³-hybridized carbons (Fsp3) is 0.227. The van der Waals surface area contributed by atoms with Gasteiger partial charge in [0, 0.05) is 17.6 Å². The largest absolute Gasteiger partial charge is 0.492 e. The van der Waals surface area contributed by atoms with Crippen molar-refractivity contribution in [1.29, 1.82) is 0 Å². The smallest absolute Gasteiger partial charge is 0.309 e. The zero-order chi connectivity index (χ0) is 21.6. The van der Waals surface area contributed by atoms with Crippen LogP contribution in [0.3, 0.4) is 0 Å². The number of rotatable bonds is 10. The molecule has 0 amide bonds. The maximum atomic E-state index is 11.2. The van der Waals surface area contributed by atoms with Gasteiger partial charge in [-0.15, -0.1) is 0 Å². The number of aromatic amines is 1. The van der Waals surface area contributed by atoms with Gasteiger partial charge < -0.3 is 30.0 Å². The Morgan fingerprint density at radius 1 is 1.16 bits per heavy atom. The molecule has 2 aromatic heterocycles. The van der Waals surface area contributed by atoms with Crippen molar-refractivity contribution in [3.05, 3.63) is 70.0 Å². The summed E-state index contributed by atoms with van der Waals surface area (Å²) in [6, 6.07) is 15.1. The predicted octanol–water partition coefficient (Wildman–Crippen LogP) is 3.20. The average Bonchev–Trinajstić information content (AvgIpc) is 3.36. The summed E-state index contributed by atoms with van der Waals surface area (Å²) >= 11 is 0.916. The number of furan rings is 1. The predicted molar refractivity (Wildman–Crippen MR) is 121 cm³/mol. The number of anilines is 2. The van der Waals surface area contributed by atoms with Crippen molar-refractivity contribution >= 4 is 33.0 Å². The van der Waals surface area contributed by atoms with E-state index in [9.17, 15) is 15.0 Å². The van der Waals surface area contributed by atoms with E-state index in [1.807, 2.05) is 48.5 Å². The summed E-state index contributed by atoms with van der Waals surface area (Å²) in [5.74, 6) is 0.537. The Balaban J connectivity index is 1.16. The fourth-order valence-corrected chi connectivity index (χ4v) is 3.73. The summed E-state index contributed by atoms with van der Waals surface area (Å²) < 4.78 is 11.0. The molecule has 8 nitrogen and oxygen atoms in total. The van der Waals surface area contributed by atoms with Gasteiger partial charge in [-0.1, -0.05) is 23.5 Å². The normalized spacial score (nSPS) is 12.2. The minimum absolute atomic E-state index is 0.159. The number of ether oxygens (including phenoxy) is 1. The molecule has 31 heavy (non-hydrogen) atoms. The van der Waals surface area contributed by atoms with Crippen molar-refractivity contribution in [2.24, 2.45) is 0 Å². The third-order valence-corrected chi connectivity index (χ3v) is 5.47. The Bertz CT molecular complexity index is 1180. The van der Waals surface area contributed by atoms with Crippen molar-refractivity contribution in [2.75, 3.05) is 25.0 Å². The van der Waals surface area contributed by atoms with E-state index >= 15 is 0 Å². The van der Waals surface area contributed by atoms with Crippen molar-refractivity contribution in [1.82, 2.24) is 10.3 Å². The molecule has 4 aromatic rings. The van der Waals surface area contributed by atoms with E-state index in [1.165, 1.54) is 0 Å². The van der Waals surface area contributed by atoms with Gasteiger partial charge >= 0.3 is 4.87 Å². The van der Waals surface area contributed by atoms with Gasteiger partial charge in [-0.25, -0.2) is 0 Å². The van der Waals surface area contributed by atoms with E-state index in [-0.39, 0.29) is 17.4 Å². The van der Waals surface area contributed by atoms with E-state index in [4.69, 9.17) is 9.15 Å². The Morgan fingerprint density at radius 3 is 2.77 bits per heavy atom. The molecule has 4 rings (SSSR count). The molecule has 5 N–H and O–H groups in total. The second kappa shape index (κ2) is 9.69. The lowest BCUT2D eigenvalue weighted by Crippen LogP contribution is -2.32. The van der Waals surface area contributed by atoms with E-state index in [0.29, 0.717) is 23.8 Å². The number of benzene rings is 2. The first kappa shape index (κ1) is 21.0. The molecule has 0 unspecified atom stereocenters. The summed E-state index contributed by atoms with van der Waals surface area (Å²) in [7, 11) is 0. The molecule has 2 heterocycles. The lowest BCUT2D eigenvalue weighted by molar-refractivity contribution is 0.107. The summed E-state index contributed by atoms with van der Waals surface area (Å²) in [5.41, 5.74) is 2.71. The van der Waals surface area contributed by atoms with Crippen LogP contribution in [0.4, 0.5) is 10.7 Å². The molecule has 0 saturated heterocycles. The van der Waals surface area contributed by atoms with Gasteiger partial charge in [-0.05, 0) is 54.9 Å². The summed E-state index contributed by atoms with van der Waals surface area (Å²) in [4.78, 5) is 13.2. The van der Waals surface area contributed by atoms with Crippen molar-refractivity contribution < 1.29 is 19.4 Å². The van der Waals surface area contributed by atoms with Crippen molar-refractivity contribution in [3.63, 3.8) is 0 Å². The third-order valence-electron chi connectivity index (χ3n) is 4.68. The van der Waals surface area contributed by atoms with Crippen LogP contribution in [0.5, 0.6) is 11.6 Å². The van der Waals surface area contributed by atoms with Crippen LogP contribution in [0.2, 0.25) is 0 Å². The zero-order valence-corrected chi connectivity index (χ0v) is 17.4. The third kappa shape index (κ3) is 5.66. The minimum Gasteiger partial charge on any atom is -0.492 e. The summed E-state index contributed by atoms with van der Waals surface area (Å²) in [5, 5.41) is 27.3. The van der Waals surface area contributed by atoms with Crippen LogP contribution in [0.15, 0.2) is 64.0 Å². The Hall–Kier alpha value is -3.27. The highest BCUT2D eigenvalue weighted by Gasteiger charge is 2.08. The molecular formula is C22H23N3O5S. The van der Waals surface area contributed by atoms with Crippen LogP contribution in [-0.2, 0) is 6.42 Å². The topological polar surface area (TPSA) is 120 Å². The molecule has 0 aliphatic rings. The van der Waals surface area contributed by atoms with Crippen LogP contribution >= 0.6 is 11.3 Å². The van der Waals surface area contributed by atoms with E-state index in [1.54, 1.807) is 6.26 Å². The van der Waals surface area contributed by atoms with E-state index in [2.05, 4.69) is 15.6 Å². The lowest BCUT2D eigenvalue weighted by Gasteiger charge is -2.13. The van der Waals surface area contributed by atoms with Crippen LogP contribution in [-0.4, -0.2) is 41.0 Å². The van der Waals surface area contributed by atoms with Gasteiger partial charge in [0.05, 0.1) is 6.26 Å². The van der Waals surface area contributed by atoms with Crippen LogP contribution in [0.25, 0.3) is 11.0 Å². The quantitative estimate of drug-likeness (QED) is 0.240. The number of aliphatic hydroxyl groups is 1. The van der Waals surface area contributed by atoms with Gasteiger partial charge in [-0.2, -0.15) is 0 Å². The molecule has 162 valence electrons. The molecule has 0 saturated carbocycles. The van der Waals surface area contributed by atoms with Crippen LogP contribution in [0, 0.1) is 0 Å². The number of hydrogen-bond donors (Lipinski definition) is 5. The highest BCUT2D eigenvalue weighted by Crippen LogP contribution is 2.27. The van der Waals surface area contributed by atoms with Crippen molar-refractivity contribution in [3.8, 4) is 11.6 Å². The first-order valence-corrected chi connectivity index (χ1v) is 10.7. The number of hydrogen-bond acceptors (Lipinski definition) is 8. The van der Waals surface area contributed by atoms with Gasteiger partial charge in [0.15, 0.2) is 5.00 Å². The Labute approximate surface area is 182 Å². The molecule has 0 aliphatic heterocycles. The Kier molecular flexibility index (Phi) is 6.56. The van der Waals surface area contributed by atoms with E-state index < -0.39 is 6.10 Å². The second-order valence-electron chi connectivity index (χ2n) is 7.05. The highest BCUT2D eigenvalue weighted by molar-refractivity contribution is 7.13. The van der Waals surface area contributed by atoms with Gasteiger partial charge in [0.1, 0.15) is 24.0 Å². The number of aromatic nitrogens is 1. The molecule has 0 spiro atoms. The lowest BCUT2D eigenvalue weighted by atomic mass is 10.1. The summed E-state index contributed by atoms with van der Waals surface area (Å²) in [6.07, 6.45) is 1.81. The monoisotopic (exact) mass is 441 g/mol. The second-order valence-corrected chi connectivity index (χ2v) is 8.04. The molecule has 0 bridgehead atoms. The molecule has 9 heteroatoms. The molecule has 1 atom stereocenters. The number of nitrogens with one attached hydrogen (secondary N) is 3. The maximum absolute atomic E-state index is 11.2. The number of fused-ring (bicyclic) bond motifs is 1.